The van der Waals surface area contributed by atoms with Crippen molar-refractivity contribution in [3.63, 3.8) is 0 Å². The molecule has 96 valence electrons. The lowest BCUT2D eigenvalue weighted by Crippen LogP contribution is -2.32. The minimum Gasteiger partial charge on any atom is -0.361 e. The van der Waals surface area contributed by atoms with Gasteiger partial charge in [-0.2, -0.15) is 0 Å². The van der Waals surface area contributed by atoms with E-state index in [2.05, 4.69) is 10.5 Å². The van der Waals surface area contributed by atoms with Crippen LogP contribution >= 0.6 is 0 Å². The van der Waals surface area contributed by atoms with Gasteiger partial charge in [-0.1, -0.05) is 5.16 Å². The van der Waals surface area contributed by atoms with E-state index in [1.807, 2.05) is 27.9 Å². The summed E-state index contributed by atoms with van der Waals surface area (Å²) >= 11 is 0. The lowest BCUT2D eigenvalue weighted by atomic mass is 10.1. The van der Waals surface area contributed by atoms with Gasteiger partial charge in [0, 0.05) is 32.1 Å². The molecule has 0 fully saturated rings. The molecule has 5 nitrogen and oxygen atoms in total. The van der Waals surface area contributed by atoms with Crippen LogP contribution in [0.2, 0.25) is 0 Å². The summed E-state index contributed by atoms with van der Waals surface area (Å²) in [6, 6.07) is 0. The molecule has 0 aromatic carbocycles. The van der Waals surface area contributed by atoms with Gasteiger partial charge in [-0.3, -0.25) is 4.79 Å². The standard InChI is InChI=1S/C12H21N3O2/c1-9-11(10(2)17-14-9)5-6-12(16)15(4)8-7-13-3/h13H,5-8H2,1-4H3. The molecule has 1 amide bonds. The zero-order valence-electron chi connectivity index (χ0n) is 11.0. The highest BCUT2D eigenvalue weighted by atomic mass is 16.5. The summed E-state index contributed by atoms with van der Waals surface area (Å²) in [5.74, 6) is 0.966. The number of hydrogen-bond donors (Lipinski definition) is 1. The van der Waals surface area contributed by atoms with E-state index in [1.54, 1.807) is 4.90 Å². The molecule has 1 N–H and O–H groups in total. The maximum atomic E-state index is 11.8. The van der Waals surface area contributed by atoms with E-state index in [-0.39, 0.29) is 5.91 Å². The average molecular weight is 239 g/mol. The molecule has 0 saturated carbocycles. The second-order valence-electron chi connectivity index (χ2n) is 4.22. The third-order valence-electron chi connectivity index (χ3n) is 2.89. The number of nitrogens with one attached hydrogen (secondary N) is 1. The van der Waals surface area contributed by atoms with Gasteiger partial charge >= 0.3 is 0 Å². The molecule has 1 aromatic heterocycles. The average Bonchev–Trinajstić information content (AvgIpc) is 2.63. The molecule has 0 aliphatic carbocycles. The van der Waals surface area contributed by atoms with Crippen molar-refractivity contribution >= 4 is 5.91 Å². The second kappa shape index (κ2) is 6.39. The summed E-state index contributed by atoms with van der Waals surface area (Å²) in [5.41, 5.74) is 1.94. The van der Waals surface area contributed by atoms with E-state index in [1.165, 1.54) is 0 Å². The van der Waals surface area contributed by atoms with Crippen LogP contribution in [0, 0.1) is 13.8 Å². The number of aryl methyl sites for hydroxylation is 2. The molecule has 0 aliphatic heterocycles. The highest BCUT2D eigenvalue weighted by Gasteiger charge is 2.13. The molecule has 0 radical (unpaired) electrons. The molecule has 1 rings (SSSR count). The number of nitrogens with zero attached hydrogens (tertiary/aromatic N) is 2. The highest BCUT2D eigenvalue weighted by Crippen LogP contribution is 2.14. The van der Waals surface area contributed by atoms with Gasteiger partial charge in [0.15, 0.2) is 0 Å². The summed E-state index contributed by atoms with van der Waals surface area (Å²) < 4.78 is 5.07. The molecule has 0 atom stereocenters. The number of likely N-dealkylation sites (N-methyl/N-ethyl adjacent to an activating group) is 2. The first-order chi connectivity index (χ1) is 8.06. The summed E-state index contributed by atoms with van der Waals surface area (Å²) in [5, 5.41) is 6.90. The maximum Gasteiger partial charge on any atom is 0.222 e. The molecule has 1 heterocycles. The van der Waals surface area contributed by atoms with Gasteiger partial charge in [0.2, 0.25) is 5.91 Å². The van der Waals surface area contributed by atoms with Crippen LogP contribution in [0.25, 0.3) is 0 Å². The Kier molecular flexibility index (Phi) is 5.15. The Morgan fingerprint density at radius 1 is 1.47 bits per heavy atom. The Morgan fingerprint density at radius 3 is 2.71 bits per heavy atom. The molecule has 17 heavy (non-hydrogen) atoms. The Hall–Kier alpha value is -1.36. The number of hydrogen-bond acceptors (Lipinski definition) is 4. The highest BCUT2D eigenvalue weighted by molar-refractivity contribution is 5.76. The van der Waals surface area contributed by atoms with E-state index in [4.69, 9.17) is 4.52 Å². The van der Waals surface area contributed by atoms with E-state index in [0.717, 1.165) is 30.1 Å². The van der Waals surface area contributed by atoms with Crippen LogP contribution in [0.4, 0.5) is 0 Å². The minimum absolute atomic E-state index is 0.153. The van der Waals surface area contributed by atoms with Crippen molar-refractivity contribution < 1.29 is 9.32 Å². The largest absolute Gasteiger partial charge is 0.361 e. The molecule has 5 heteroatoms. The van der Waals surface area contributed by atoms with Crippen molar-refractivity contribution in [3.05, 3.63) is 17.0 Å². The first-order valence-corrected chi connectivity index (χ1v) is 5.86. The van der Waals surface area contributed by atoms with E-state index < -0.39 is 0 Å². The van der Waals surface area contributed by atoms with E-state index in [0.29, 0.717) is 12.8 Å². The fourth-order valence-corrected chi connectivity index (χ4v) is 1.69. The summed E-state index contributed by atoms with van der Waals surface area (Å²) in [6.07, 6.45) is 1.20. The second-order valence-corrected chi connectivity index (χ2v) is 4.22. The number of carbonyl (C=O) groups is 1. The lowest BCUT2D eigenvalue weighted by Gasteiger charge is -2.16. The Bertz CT molecular complexity index is 354. The first kappa shape index (κ1) is 13.7. The normalized spacial score (nSPS) is 10.6. The quantitative estimate of drug-likeness (QED) is 0.801. The topological polar surface area (TPSA) is 58.4 Å². The summed E-state index contributed by atoms with van der Waals surface area (Å²) in [6.45, 7) is 5.33. The van der Waals surface area contributed by atoms with Crippen LogP contribution in [0.1, 0.15) is 23.4 Å². The van der Waals surface area contributed by atoms with Gasteiger partial charge in [0.05, 0.1) is 5.69 Å². The van der Waals surface area contributed by atoms with Crippen LogP contribution in [0.3, 0.4) is 0 Å². The zero-order chi connectivity index (χ0) is 12.8. The minimum atomic E-state index is 0.153. The maximum absolute atomic E-state index is 11.8. The third kappa shape index (κ3) is 3.85. The monoisotopic (exact) mass is 239 g/mol. The first-order valence-electron chi connectivity index (χ1n) is 5.86. The van der Waals surface area contributed by atoms with E-state index in [9.17, 15) is 4.79 Å². The molecule has 0 saturated heterocycles. The fraction of sp³-hybridized carbons (Fsp3) is 0.667. The van der Waals surface area contributed by atoms with Crippen LogP contribution in [-0.4, -0.2) is 43.1 Å². The van der Waals surface area contributed by atoms with Crippen molar-refractivity contribution in [2.75, 3.05) is 27.2 Å². The lowest BCUT2D eigenvalue weighted by molar-refractivity contribution is -0.129. The summed E-state index contributed by atoms with van der Waals surface area (Å²) in [7, 11) is 3.70. The van der Waals surface area contributed by atoms with Crippen LogP contribution in [0.5, 0.6) is 0 Å². The van der Waals surface area contributed by atoms with Crippen LogP contribution < -0.4 is 5.32 Å². The number of rotatable bonds is 6. The van der Waals surface area contributed by atoms with Gasteiger partial charge < -0.3 is 14.7 Å². The molecule has 0 bridgehead atoms. The molecular formula is C12H21N3O2. The Balaban J connectivity index is 2.43. The van der Waals surface area contributed by atoms with E-state index >= 15 is 0 Å². The number of carbonyl (C=O) groups excluding carboxylic acids is 1. The predicted molar refractivity (Wildman–Crippen MR) is 65.9 cm³/mol. The van der Waals surface area contributed by atoms with Gasteiger partial charge in [0.1, 0.15) is 5.76 Å². The van der Waals surface area contributed by atoms with Crippen molar-refractivity contribution in [3.8, 4) is 0 Å². The predicted octanol–water partition coefficient (Wildman–Crippen LogP) is 0.902. The molecule has 0 aliphatic rings. The SMILES string of the molecule is CNCCN(C)C(=O)CCc1c(C)noc1C. The molecule has 1 aromatic rings. The van der Waals surface area contributed by atoms with Crippen molar-refractivity contribution in [1.82, 2.24) is 15.4 Å². The van der Waals surface area contributed by atoms with Gasteiger partial charge in [0.25, 0.3) is 0 Å². The number of amides is 1. The Morgan fingerprint density at radius 2 is 2.18 bits per heavy atom. The smallest absolute Gasteiger partial charge is 0.222 e. The number of aromatic nitrogens is 1. The van der Waals surface area contributed by atoms with Crippen LogP contribution in [-0.2, 0) is 11.2 Å². The van der Waals surface area contributed by atoms with Gasteiger partial charge in [-0.25, -0.2) is 0 Å². The molecule has 0 unspecified atom stereocenters. The van der Waals surface area contributed by atoms with Crippen molar-refractivity contribution in [1.29, 1.82) is 0 Å². The zero-order valence-corrected chi connectivity index (χ0v) is 11.0. The summed E-state index contributed by atoms with van der Waals surface area (Å²) in [4.78, 5) is 13.6. The fourth-order valence-electron chi connectivity index (χ4n) is 1.69. The molecule has 0 spiro atoms. The van der Waals surface area contributed by atoms with Gasteiger partial charge in [-0.15, -0.1) is 0 Å². The van der Waals surface area contributed by atoms with Crippen LogP contribution in [0.15, 0.2) is 4.52 Å². The van der Waals surface area contributed by atoms with Crippen molar-refractivity contribution in [2.24, 2.45) is 0 Å². The third-order valence-corrected chi connectivity index (χ3v) is 2.89. The van der Waals surface area contributed by atoms with Crippen molar-refractivity contribution in [2.45, 2.75) is 26.7 Å². The molecular weight excluding hydrogens is 218 g/mol. The van der Waals surface area contributed by atoms with Gasteiger partial charge in [-0.05, 0) is 27.3 Å². The Labute approximate surface area is 102 Å².